The van der Waals surface area contributed by atoms with Crippen LogP contribution < -0.4 is 10.1 Å². The summed E-state index contributed by atoms with van der Waals surface area (Å²) in [6, 6.07) is 9.88. The molecule has 0 spiro atoms. The highest BCUT2D eigenvalue weighted by Gasteiger charge is 2.40. The van der Waals surface area contributed by atoms with Gasteiger partial charge in [-0.25, -0.2) is 4.79 Å². The Morgan fingerprint density at radius 1 is 0.963 bits per heavy atom. The quantitative estimate of drug-likeness (QED) is 0.395. The van der Waals surface area contributed by atoms with Crippen LogP contribution in [-0.2, 0) is 14.4 Å². The standard InChI is InChI=1S/C12H19NO.C6H8O7/c1-12(2,3)13-9-10-14-11-7-5-4-6-8-11;7-3(8)1-6(13,5(11)12)2-4(9)10/h4-8,13H,9-10H2,1-3H3;13H,1-2H2,(H,7,8)(H,9,10)(H,11,12). The number of nitrogens with one attached hydrogen (secondary N) is 1. The van der Waals surface area contributed by atoms with E-state index in [4.69, 9.17) is 25.2 Å². The summed E-state index contributed by atoms with van der Waals surface area (Å²) in [6.07, 6.45) is -2.29. The predicted molar refractivity (Wildman–Crippen MR) is 96.8 cm³/mol. The number of benzene rings is 1. The molecule has 0 bridgehead atoms. The van der Waals surface area contributed by atoms with Gasteiger partial charge in [-0.15, -0.1) is 0 Å². The first-order valence-corrected chi connectivity index (χ1v) is 8.18. The SMILES string of the molecule is CC(C)(C)NCCOc1ccccc1.O=C(O)CC(O)(CC(=O)O)C(=O)O. The largest absolute Gasteiger partial charge is 0.492 e. The molecule has 0 saturated carbocycles. The Bertz CT molecular complexity index is 594. The number of aliphatic hydroxyl groups is 1. The van der Waals surface area contributed by atoms with Gasteiger partial charge >= 0.3 is 17.9 Å². The zero-order chi connectivity index (χ0) is 21.1. The van der Waals surface area contributed by atoms with Gasteiger partial charge in [0.25, 0.3) is 0 Å². The lowest BCUT2D eigenvalue weighted by Gasteiger charge is -2.20. The van der Waals surface area contributed by atoms with Crippen molar-refractivity contribution in [3.8, 4) is 5.75 Å². The number of rotatable bonds is 9. The highest BCUT2D eigenvalue weighted by atomic mass is 16.5. The Kier molecular flexibility index (Phi) is 10.1. The lowest BCUT2D eigenvalue weighted by Crippen LogP contribution is -2.42. The van der Waals surface area contributed by atoms with E-state index in [1.807, 2.05) is 30.3 Å². The van der Waals surface area contributed by atoms with E-state index >= 15 is 0 Å². The van der Waals surface area contributed by atoms with Gasteiger partial charge in [-0.2, -0.15) is 0 Å². The summed E-state index contributed by atoms with van der Waals surface area (Å²) in [7, 11) is 0. The predicted octanol–water partition coefficient (Wildman–Crippen LogP) is 1.21. The molecule has 0 aromatic heterocycles. The van der Waals surface area contributed by atoms with Crippen LogP contribution in [0.15, 0.2) is 30.3 Å². The normalized spacial score (nSPS) is 11.1. The van der Waals surface area contributed by atoms with E-state index in [-0.39, 0.29) is 5.54 Å². The molecular weight excluding hydrogens is 358 g/mol. The van der Waals surface area contributed by atoms with Crippen molar-refractivity contribution in [2.24, 2.45) is 0 Å². The Morgan fingerprint density at radius 3 is 1.81 bits per heavy atom. The molecule has 1 aromatic carbocycles. The fourth-order valence-corrected chi connectivity index (χ4v) is 1.83. The molecule has 0 saturated heterocycles. The molecule has 152 valence electrons. The van der Waals surface area contributed by atoms with Crippen molar-refractivity contribution in [2.45, 2.75) is 44.8 Å². The van der Waals surface area contributed by atoms with Crippen LogP contribution >= 0.6 is 0 Å². The van der Waals surface area contributed by atoms with Gasteiger partial charge in [0.1, 0.15) is 12.4 Å². The van der Waals surface area contributed by atoms with Crippen LogP contribution in [0.4, 0.5) is 0 Å². The minimum Gasteiger partial charge on any atom is -0.492 e. The van der Waals surface area contributed by atoms with Gasteiger partial charge in [0.2, 0.25) is 0 Å². The molecule has 5 N–H and O–H groups in total. The molecule has 0 fully saturated rings. The van der Waals surface area contributed by atoms with Gasteiger partial charge in [0.05, 0.1) is 12.8 Å². The number of carboxylic acid groups (broad SMARTS) is 3. The molecule has 0 unspecified atom stereocenters. The van der Waals surface area contributed by atoms with E-state index < -0.39 is 36.4 Å². The third-order valence-electron chi connectivity index (χ3n) is 3.05. The van der Waals surface area contributed by atoms with Gasteiger partial charge in [0.15, 0.2) is 5.60 Å². The molecule has 0 amide bonds. The Labute approximate surface area is 157 Å². The first-order valence-electron chi connectivity index (χ1n) is 8.18. The van der Waals surface area contributed by atoms with E-state index in [9.17, 15) is 14.4 Å². The molecule has 27 heavy (non-hydrogen) atoms. The molecule has 0 radical (unpaired) electrons. The lowest BCUT2D eigenvalue weighted by molar-refractivity contribution is -0.170. The second-order valence-corrected chi connectivity index (χ2v) is 6.82. The first kappa shape index (κ1) is 24.4. The minimum absolute atomic E-state index is 0.167. The average Bonchev–Trinajstić information content (AvgIpc) is 2.50. The summed E-state index contributed by atoms with van der Waals surface area (Å²) < 4.78 is 5.54. The van der Waals surface area contributed by atoms with Crippen molar-refractivity contribution in [1.29, 1.82) is 0 Å². The highest BCUT2D eigenvalue weighted by molar-refractivity contribution is 5.88. The van der Waals surface area contributed by atoms with Crippen molar-refractivity contribution in [3.63, 3.8) is 0 Å². The zero-order valence-corrected chi connectivity index (χ0v) is 15.6. The van der Waals surface area contributed by atoms with Crippen LogP contribution in [0.25, 0.3) is 0 Å². The van der Waals surface area contributed by atoms with E-state index in [1.165, 1.54) is 0 Å². The van der Waals surface area contributed by atoms with Crippen LogP contribution in [0.1, 0.15) is 33.6 Å². The fraction of sp³-hybridized carbons (Fsp3) is 0.500. The van der Waals surface area contributed by atoms with Crippen LogP contribution in [0.5, 0.6) is 5.75 Å². The molecule has 0 aliphatic heterocycles. The highest BCUT2D eigenvalue weighted by Crippen LogP contribution is 2.15. The number of hydrogen-bond acceptors (Lipinski definition) is 6. The molecule has 1 aromatic rings. The second-order valence-electron chi connectivity index (χ2n) is 6.82. The van der Waals surface area contributed by atoms with E-state index in [0.29, 0.717) is 6.61 Å². The molecular formula is C18H27NO8. The van der Waals surface area contributed by atoms with Gasteiger partial charge in [0, 0.05) is 12.1 Å². The molecule has 0 heterocycles. The number of carboxylic acids is 3. The fourth-order valence-electron chi connectivity index (χ4n) is 1.83. The summed E-state index contributed by atoms with van der Waals surface area (Å²) in [5, 5.41) is 37.2. The monoisotopic (exact) mass is 385 g/mol. The lowest BCUT2D eigenvalue weighted by atomic mass is 9.96. The summed E-state index contributed by atoms with van der Waals surface area (Å²) in [4.78, 5) is 30.5. The summed E-state index contributed by atoms with van der Waals surface area (Å²) >= 11 is 0. The number of para-hydroxylation sites is 1. The third kappa shape index (κ3) is 12.4. The summed E-state index contributed by atoms with van der Waals surface area (Å²) in [6.45, 7) is 8.03. The van der Waals surface area contributed by atoms with Gasteiger partial charge in [-0.05, 0) is 32.9 Å². The number of ether oxygens (including phenoxy) is 1. The maximum Gasteiger partial charge on any atom is 0.336 e. The van der Waals surface area contributed by atoms with Crippen LogP contribution in [0.3, 0.4) is 0 Å². The van der Waals surface area contributed by atoms with Gasteiger partial charge in [-0.1, -0.05) is 18.2 Å². The third-order valence-corrected chi connectivity index (χ3v) is 3.05. The van der Waals surface area contributed by atoms with Crippen molar-refractivity contribution >= 4 is 17.9 Å². The van der Waals surface area contributed by atoms with Crippen LogP contribution in [0.2, 0.25) is 0 Å². The average molecular weight is 385 g/mol. The minimum atomic E-state index is -2.74. The Hall–Kier alpha value is -2.65. The van der Waals surface area contributed by atoms with Gasteiger partial charge in [-0.3, -0.25) is 9.59 Å². The molecule has 9 nitrogen and oxygen atoms in total. The van der Waals surface area contributed by atoms with E-state index in [1.54, 1.807) is 0 Å². The Balaban J connectivity index is 0.000000503. The Morgan fingerprint density at radius 2 is 1.44 bits per heavy atom. The maximum atomic E-state index is 10.3. The van der Waals surface area contributed by atoms with Crippen molar-refractivity contribution in [2.75, 3.05) is 13.2 Å². The van der Waals surface area contributed by atoms with Crippen molar-refractivity contribution in [1.82, 2.24) is 5.32 Å². The summed E-state index contributed by atoms with van der Waals surface area (Å²) in [5.74, 6) is -4.09. The topological polar surface area (TPSA) is 153 Å². The zero-order valence-electron chi connectivity index (χ0n) is 15.6. The molecule has 9 heteroatoms. The number of carbonyl (C=O) groups is 3. The first-order chi connectivity index (χ1) is 12.4. The number of aliphatic carboxylic acids is 3. The molecule has 0 atom stereocenters. The smallest absolute Gasteiger partial charge is 0.336 e. The van der Waals surface area contributed by atoms with Crippen LogP contribution in [0, 0.1) is 0 Å². The molecule has 0 aliphatic carbocycles. The second kappa shape index (κ2) is 11.1. The summed E-state index contributed by atoms with van der Waals surface area (Å²) in [5.41, 5.74) is -2.57. The van der Waals surface area contributed by atoms with Crippen LogP contribution in [-0.4, -0.2) is 62.6 Å². The van der Waals surface area contributed by atoms with Crippen molar-refractivity contribution < 1.29 is 39.5 Å². The maximum absolute atomic E-state index is 10.3. The van der Waals surface area contributed by atoms with E-state index in [0.717, 1.165) is 12.3 Å². The van der Waals surface area contributed by atoms with Gasteiger partial charge < -0.3 is 30.5 Å². The molecule has 1 rings (SSSR count). The molecule has 0 aliphatic rings. The van der Waals surface area contributed by atoms with Crippen molar-refractivity contribution in [3.05, 3.63) is 30.3 Å². The number of hydrogen-bond donors (Lipinski definition) is 5. The van der Waals surface area contributed by atoms with E-state index in [2.05, 4.69) is 26.1 Å².